The molecule has 2 nitrogen and oxygen atoms in total. The lowest BCUT2D eigenvalue weighted by molar-refractivity contribution is 0.338. The lowest BCUT2D eigenvalue weighted by atomic mass is 9.85. The van der Waals surface area contributed by atoms with E-state index in [1.165, 1.54) is 24.8 Å². The van der Waals surface area contributed by atoms with Gasteiger partial charge >= 0.3 is 0 Å². The predicted molar refractivity (Wildman–Crippen MR) is 106 cm³/mol. The number of aromatic nitrogens is 1. The van der Waals surface area contributed by atoms with Gasteiger partial charge in [-0.3, -0.25) is 4.98 Å². The molecule has 1 aromatic heterocycles. The van der Waals surface area contributed by atoms with Crippen molar-refractivity contribution in [1.82, 2.24) is 4.98 Å². The summed E-state index contributed by atoms with van der Waals surface area (Å²) < 4.78 is 19.9. The highest BCUT2D eigenvalue weighted by molar-refractivity contribution is 6.32. The molecule has 0 amide bonds. The van der Waals surface area contributed by atoms with Crippen LogP contribution in [0.5, 0.6) is 5.75 Å². The smallest absolute Gasteiger partial charge is 0.153 e. The van der Waals surface area contributed by atoms with Crippen LogP contribution in [-0.4, -0.2) is 11.6 Å². The van der Waals surface area contributed by atoms with Crippen LogP contribution in [0.2, 0.25) is 5.02 Å². The first kappa shape index (κ1) is 18.9. The Labute approximate surface area is 160 Å². The van der Waals surface area contributed by atoms with Crippen LogP contribution in [0.25, 0.3) is 16.7 Å². The van der Waals surface area contributed by atoms with Crippen LogP contribution < -0.4 is 4.74 Å². The quantitative estimate of drug-likeness (QED) is 0.548. The Bertz CT molecular complexity index is 785. The second-order valence-electron chi connectivity index (χ2n) is 6.76. The van der Waals surface area contributed by atoms with Gasteiger partial charge in [-0.2, -0.15) is 0 Å². The fraction of sp³-hybridized carbons (Fsp3) is 0.409. The van der Waals surface area contributed by atoms with Crippen molar-refractivity contribution in [2.24, 2.45) is 5.92 Å². The first-order chi connectivity index (χ1) is 12.6. The molecule has 1 unspecified atom stereocenters. The molecule has 0 aliphatic heterocycles. The second-order valence-corrected chi connectivity index (χ2v) is 7.14. The van der Waals surface area contributed by atoms with E-state index in [-0.39, 0.29) is 5.02 Å². The van der Waals surface area contributed by atoms with Crippen LogP contribution in [0, 0.1) is 11.7 Å². The van der Waals surface area contributed by atoms with Gasteiger partial charge in [0.25, 0.3) is 0 Å². The molecule has 0 saturated carbocycles. The van der Waals surface area contributed by atoms with E-state index in [1.54, 1.807) is 18.3 Å². The van der Waals surface area contributed by atoms with Crippen molar-refractivity contribution < 1.29 is 9.13 Å². The molecule has 26 heavy (non-hydrogen) atoms. The molecular formula is C22H25ClFNO. The molecule has 0 N–H and O–H groups in total. The summed E-state index contributed by atoms with van der Waals surface area (Å²) in [6.07, 6.45) is 10.0. The Morgan fingerprint density at radius 1 is 1.23 bits per heavy atom. The Morgan fingerprint density at radius 2 is 2.08 bits per heavy atom. The third-order valence-electron chi connectivity index (χ3n) is 4.97. The average molecular weight is 374 g/mol. The molecule has 0 radical (unpaired) electrons. The van der Waals surface area contributed by atoms with Gasteiger partial charge in [-0.15, -0.1) is 0 Å². The minimum Gasteiger partial charge on any atom is -0.492 e. The highest BCUT2D eigenvalue weighted by atomic mass is 35.5. The number of halogens is 2. The lowest BCUT2D eigenvalue weighted by Gasteiger charge is -2.21. The topological polar surface area (TPSA) is 22.1 Å². The fourth-order valence-electron chi connectivity index (χ4n) is 3.56. The van der Waals surface area contributed by atoms with Gasteiger partial charge in [-0.05, 0) is 55.9 Å². The summed E-state index contributed by atoms with van der Waals surface area (Å²) in [5.41, 5.74) is 3.45. The van der Waals surface area contributed by atoms with E-state index in [0.717, 1.165) is 30.0 Å². The third kappa shape index (κ3) is 4.09. The molecule has 0 spiro atoms. The van der Waals surface area contributed by atoms with Crippen LogP contribution in [0.4, 0.5) is 4.39 Å². The van der Waals surface area contributed by atoms with Crippen LogP contribution in [0.3, 0.4) is 0 Å². The predicted octanol–water partition coefficient (Wildman–Crippen LogP) is 6.92. The van der Waals surface area contributed by atoms with Crippen molar-refractivity contribution in [2.45, 2.75) is 46.0 Å². The number of hydrogen-bond acceptors (Lipinski definition) is 2. The maximum atomic E-state index is 14.6. The summed E-state index contributed by atoms with van der Waals surface area (Å²) in [6, 6.07) is 7.29. The van der Waals surface area contributed by atoms with Gasteiger partial charge in [0.2, 0.25) is 0 Å². The Morgan fingerprint density at radius 3 is 2.69 bits per heavy atom. The van der Waals surface area contributed by atoms with Crippen LogP contribution >= 0.6 is 11.6 Å². The summed E-state index contributed by atoms with van der Waals surface area (Å²) in [4.78, 5) is 4.57. The molecule has 4 heteroatoms. The molecule has 0 bridgehead atoms. The SMILES string of the molecule is CCCC1CC=C(c2ccc(-c3ccc(OCC)c(Cl)c3F)cn2)CC1. The molecule has 1 heterocycles. The van der Waals surface area contributed by atoms with Crippen molar-refractivity contribution >= 4 is 17.2 Å². The fourth-order valence-corrected chi connectivity index (χ4v) is 3.78. The zero-order valence-corrected chi connectivity index (χ0v) is 16.2. The summed E-state index contributed by atoms with van der Waals surface area (Å²) in [7, 11) is 0. The number of nitrogens with zero attached hydrogens (tertiary/aromatic N) is 1. The van der Waals surface area contributed by atoms with Crippen molar-refractivity contribution in [1.29, 1.82) is 0 Å². The van der Waals surface area contributed by atoms with Crippen LogP contribution in [0.15, 0.2) is 36.5 Å². The largest absolute Gasteiger partial charge is 0.492 e. The van der Waals surface area contributed by atoms with Crippen molar-refractivity contribution in [3.05, 3.63) is 53.1 Å². The maximum Gasteiger partial charge on any atom is 0.153 e. The molecule has 0 fully saturated rings. The normalized spacial score (nSPS) is 17.1. The molecule has 138 valence electrons. The second kappa shape index (κ2) is 8.68. The standard InChI is InChI=1S/C22H25ClFNO/c1-3-5-15-6-8-16(9-7-15)19-12-10-17(14-25-19)18-11-13-20(26-4-2)21(23)22(18)24/h8,10-15H,3-7,9H2,1-2H3. The van der Waals surface area contributed by atoms with E-state index in [4.69, 9.17) is 16.3 Å². The number of benzene rings is 1. The van der Waals surface area contributed by atoms with Gasteiger partial charge in [0.15, 0.2) is 5.82 Å². The first-order valence-corrected chi connectivity index (χ1v) is 9.78. The summed E-state index contributed by atoms with van der Waals surface area (Å²) in [5.74, 6) is 0.712. The summed E-state index contributed by atoms with van der Waals surface area (Å²) in [6.45, 7) is 4.53. The Balaban J connectivity index is 1.79. The van der Waals surface area contributed by atoms with Gasteiger partial charge in [-0.1, -0.05) is 43.5 Å². The minimum absolute atomic E-state index is 0.0189. The Kier molecular flexibility index (Phi) is 6.31. The number of pyridine rings is 1. The molecule has 0 saturated heterocycles. The van der Waals surface area contributed by atoms with Crippen LogP contribution in [-0.2, 0) is 0 Å². The van der Waals surface area contributed by atoms with Gasteiger partial charge in [0.05, 0.1) is 12.3 Å². The minimum atomic E-state index is -0.466. The van der Waals surface area contributed by atoms with Crippen molar-refractivity contribution in [2.75, 3.05) is 6.61 Å². The molecular weight excluding hydrogens is 349 g/mol. The van der Waals surface area contributed by atoms with E-state index in [0.29, 0.717) is 17.9 Å². The van der Waals surface area contributed by atoms with E-state index >= 15 is 0 Å². The number of hydrogen-bond donors (Lipinski definition) is 0. The van der Waals surface area contributed by atoms with Gasteiger partial charge in [0, 0.05) is 17.3 Å². The molecule has 1 aliphatic carbocycles. The Hall–Kier alpha value is -1.87. The van der Waals surface area contributed by atoms with E-state index in [1.807, 2.05) is 19.1 Å². The van der Waals surface area contributed by atoms with E-state index in [9.17, 15) is 4.39 Å². The highest BCUT2D eigenvalue weighted by Gasteiger charge is 2.17. The first-order valence-electron chi connectivity index (χ1n) is 9.40. The van der Waals surface area contributed by atoms with Crippen molar-refractivity contribution in [3.8, 4) is 16.9 Å². The van der Waals surface area contributed by atoms with Gasteiger partial charge in [-0.25, -0.2) is 4.39 Å². The monoisotopic (exact) mass is 373 g/mol. The van der Waals surface area contributed by atoms with E-state index in [2.05, 4.69) is 18.0 Å². The lowest BCUT2D eigenvalue weighted by Crippen LogP contribution is -2.05. The highest BCUT2D eigenvalue weighted by Crippen LogP contribution is 2.35. The van der Waals surface area contributed by atoms with E-state index < -0.39 is 5.82 Å². The average Bonchev–Trinajstić information content (AvgIpc) is 2.67. The molecule has 1 aromatic carbocycles. The number of allylic oxidation sites excluding steroid dienone is 2. The molecule has 3 rings (SSSR count). The van der Waals surface area contributed by atoms with Crippen LogP contribution in [0.1, 0.15) is 51.6 Å². The maximum absolute atomic E-state index is 14.6. The van der Waals surface area contributed by atoms with Gasteiger partial charge in [0.1, 0.15) is 10.8 Å². The number of rotatable bonds is 6. The summed E-state index contributed by atoms with van der Waals surface area (Å²) >= 11 is 6.09. The van der Waals surface area contributed by atoms with Gasteiger partial charge < -0.3 is 4.74 Å². The third-order valence-corrected chi connectivity index (χ3v) is 5.32. The molecule has 1 atom stereocenters. The molecule has 2 aromatic rings. The number of ether oxygens (including phenoxy) is 1. The van der Waals surface area contributed by atoms with Crippen molar-refractivity contribution in [3.63, 3.8) is 0 Å². The molecule has 1 aliphatic rings. The zero-order chi connectivity index (χ0) is 18.5. The zero-order valence-electron chi connectivity index (χ0n) is 15.4. The summed E-state index contributed by atoms with van der Waals surface area (Å²) in [5, 5.41) is 0.0189.